The summed E-state index contributed by atoms with van der Waals surface area (Å²) in [4.78, 5) is 38.2. The van der Waals surface area contributed by atoms with Crippen molar-refractivity contribution in [3.05, 3.63) is 72.9 Å². The van der Waals surface area contributed by atoms with Crippen molar-refractivity contribution in [1.82, 2.24) is 0 Å². The summed E-state index contributed by atoms with van der Waals surface area (Å²) < 4.78 is 16.9. The van der Waals surface area contributed by atoms with Crippen LogP contribution in [0.5, 0.6) is 0 Å². The zero-order chi connectivity index (χ0) is 54.3. The Morgan fingerprint density at radius 2 is 0.493 bits per heavy atom. The molecule has 6 heteroatoms. The summed E-state index contributed by atoms with van der Waals surface area (Å²) in [6.45, 7) is 6.59. The molecule has 0 saturated heterocycles. The standard InChI is InChI=1S/C69H122O6/c1-4-7-10-13-16-19-22-25-28-29-30-31-32-33-34-35-36-37-38-39-40-41-42-45-47-50-53-56-59-62-68(71)74-65-66(75-69(72)63-60-57-54-51-48-44-27-24-21-18-15-12-9-6-3)64-73-67(70)61-58-55-52-49-46-43-26-23-20-17-14-11-8-5-2/h15,18,22-27,29-30,32-33,66H,4-14,16-17,19-21,28,31,34-65H2,1-3H3/b18-15-,25-22-,26-23-,27-24-,30-29-,33-32-. The van der Waals surface area contributed by atoms with Crippen LogP contribution in [0.3, 0.4) is 0 Å². The lowest BCUT2D eigenvalue weighted by molar-refractivity contribution is -0.167. The van der Waals surface area contributed by atoms with Crippen LogP contribution in [0.1, 0.15) is 329 Å². The van der Waals surface area contributed by atoms with E-state index in [1.165, 1.54) is 186 Å². The lowest BCUT2D eigenvalue weighted by atomic mass is 10.0. The van der Waals surface area contributed by atoms with Gasteiger partial charge < -0.3 is 14.2 Å². The Balaban J connectivity index is 4.22. The summed E-state index contributed by atoms with van der Waals surface area (Å²) in [5.41, 5.74) is 0. The van der Waals surface area contributed by atoms with Crippen LogP contribution in [0.25, 0.3) is 0 Å². The number of unbranched alkanes of at least 4 members (excludes halogenated alkanes) is 36. The average Bonchev–Trinajstić information content (AvgIpc) is 3.41. The fraction of sp³-hybridized carbons (Fsp3) is 0.783. The van der Waals surface area contributed by atoms with Crippen LogP contribution in [-0.2, 0) is 28.6 Å². The topological polar surface area (TPSA) is 78.9 Å². The predicted molar refractivity (Wildman–Crippen MR) is 325 cm³/mol. The minimum atomic E-state index is -0.786. The summed E-state index contributed by atoms with van der Waals surface area (Å²) in [7, 11) is 0. The van der Waals surface area contributed by atoms with Gasteiger partial charge in [-0.15, -0.1) is 0 Å². The monoisotopic (exact) mass is 1050 g/mol. The van der Waals surface area contributed by atoms with Gasteiger partial charge in [-0.1, -0.05) is 273 Å². The molecule has 0 aliphatic rings. The quantitative estimate of drug-likeness (QED) is 0.0261. The van der Waals surface area contributed by atoms with E-state index >= 15 is 0 Å². The van der Waals surface area contributed by atoms with Gasteiger partial charge in [-0.2, -0.15) is 0 Å². The van der Waals surface area contributed by atoms with Crippen molar-refractivity contribution in [2.75, 3.05) is 13.2 Å². The molecule has 0 heterocycles. The lowest BCUT2D eigenvalue weighted by Crippen LogP contribution is -2.30. The van der Waals surface area contributed by atoms with E-state index in [-0.39, 0.29) is 31.1 Å². The van der Waals surface area contributed by atoms with Gasteiger partial charge in [0.15, 0.2) is 6.10 Å². The van der Waals surface area contributed by atoms with Gasteiger partial charge in [0, 0.05) is 19.3 Å². The minimum absolute atomic E-state index is 0.0822. The van der Waals surface area contributed by atoms with E-state index in [0.29, 0.717) is 19.3 Å². The fourth-order valence-corrected chi connectivity index (χ4v) is 9.23. The molecule has 0 aromatic heterocycles. The van der Waals surface area contributed by atoms with Crippen LogP contribution < -0.4 is 0 Å². The van der Waals surface area contributed by atoms with Gasteiger partial charge in [0.25, 0.3) is 0 Å². The van der Waals surface area contributed by atoms with Gasteiger partial charge in [-0.25, -0.2) is 0 Å². The Labute approximate surface area is 465 Å². The van der Waals surface area contributed by atoms with Gasteiger partial charge >= 0.3 is 17.9 Å². The Bertz CT molecular complexity index is 1390. The van der Waals surface area contributed by atoms with Crippen LogP contribution in [0, 0.1) is 0 Å². The zero-order valence-corrected chi connectivity index (χ0v) is 49.8. The highest BCUT2D eigenvalue weighted by atomic mass is 16.6. The van der Waals surface area contributed by atoms with Gasteiger partial charge in [-0.3, -0.25) is 14.4 Å². The molecule has 1 unspecified atom stereocenters. The molecule has 6 nitrogen and oxygen atoms in total. The molecule has 0 spiro atoms. The number of hydrogen-bond acceptors (Lipinski definition) is 6. The molecule has 0 N–H and O–H groups in total. The summed E-state index contributed by atoms with van der Waals surface area (Å²) in [6, 6.07) is 0. The smallest absolute Gasteiger partial charge is 0.306 e. The van der Waals surface area contributed by atoms with Crippen molar-refractivity contribution >= 4 is 17.9 Å². The van der Waals surface area contributed by atoms with Crippen molar-refractivity contribution in [3.8, 4) is 0 Å². The number of allylic oxidation sites excluding steroid dienone is 12. The first-order chi connectivity index (χ1) is 37.0. The van der Waals surface area contributed by atoms with E-state index in [9.17, 15) is 14.4 Å². The third-order valence-electron chi connectivity index (χ3n) is 14.2. The average molecular weight is 1050 g/mol. The highest BCUT2D eigenvalue weighted by molar-refractivity contribution is 5.71. The zero-order valence-electron chi connectivity index (χ0n) is 49.8. The van der Waals surface area contributed by atoms with Crippen LogP contribution in [-0.4, -0.2) is 37.2 Å². The fourth-order valence-electron chi connectivity index (χ4n) is 9.23. The minimum Gasteiger partial charge on any atom is -0.462 e. The summed E-state index contributed by atoms with van der Waals surface area (Å²) in [5.74, 6) is -0.893. The normalized spacial score (nSPS) is 12.5. The summed E-state index contributed by atoms with van der Waals surface area (Å²) in [6.07, 6.45) is 82.0. The van der Waals surface area contributed by atoms with E-state index in [1.807, 2.05) is 0 Å². The van der Waals surface area contributed by atoms with Gasteiger partial charge in [0.1, 0.15) is 13.2 Å². The van der Waals surface area contributed by atoms with Crippen LogP contribution in [0.2, 0.25) is 0 Å². The maximum Gasteiger partial charge on any atom is 0.306 e. The van der Waals surface area contributed by atoms with E-state index in [2.05, 4.69) is 93.7 Å². The van der Waals surface area contributed by atoms with Crippen molar-refractivity contribution in [2.45, 2.75) is 335 Å². The Morgan fingerprint density at radius 1 is 0.267 bits per heavy atom. The molecule has 0 amide bonds. The van der Waals surface area contributed by atoms with E-state index in [1.54, 1.807) is 0 Å². The molecule has 0 aromatic carbocycles. The Kier molecular flexibility index (Phi) is 60.7. The third-order valence-corrected chi connectivity index (χ3v) is 14.2. The molecule has 0 aliphatic carbocycles. The summed E-state index contributed by atoms with van der Waals surface area (Å²) >= 11 is 0. The Hall–Kier alpha value is -3.15. The predicted octanol–water partition coefficient (Wildman–Crippen LogP) is 22.1. The first-order valence-corrected chi connectivity index (χ1v) is 32.4. The van der Waals surface area contributed by atoms with Crippen molar-refractivity contribution in [2.24, 2.45) is 0 Å². The second-order valence-corrected chi connectivity index (χ2v) is 21.7. The SMILES string of the molecule is CCCC/C=C\C/C=C\CCCCCCCC(=O)OC(COC(=O)CCCCCCC/C=C\CCCCCCC)COC(=O)CCCCCCCCCCCCCCCC/C=C\C/C=C\C/C=C\CCCCCCC. The molecule has 434 valence electrons. The first-order valence-electron chi connectivity index (χ1n) is 32.4. The number of carbonyl (C=O) groups excluding carboxylic acids is 3. The molecular weight excluding hydrogens is 925 g/mol. The van der Waals surface area contributed by atoms with Crippen molar-refractivity contribution in [1.29, 1.82) is 0 Å². The molecule has 0 radical (unpaired) electrons. The molecule has 0 bridgehead atoms. The second kappa shape index (κ2) is 63.4. The molecule has 0 aliphatic heterocycles. The Morgan fingerprint density at radius 3 is 0.800 bits per heavy atom. The number of esters is 3. The van der Waals surface area contributed by atoms with Gasteiger partial charge in [0.2, 0.25) is 0 Å². The van der Waals surface area contributed by atoms with Crippen LogP contribution in [0.4, 0.5) is 0 Å². The van der Waals surface area contributed by atoms with E-state index in [4.69, 9.17) is 14.2 Å². The molecule has 0 rings (SSSR count). The van der Waals surface area contributed by atoms with Crippen LogP contribution in [0.15, 0.2) is 72.9 Å². The number of carbonyl (C=O) groups is 3. The highest BCUT2D eigenvalue weighted by Crippen LogP contribution is 2.16. The first kappa shape index (κ1) is 71.8. The number of ether oxygens (including phenoxy) is 3. The molecule has 0 saturated carbocycles. The second-order valence-electron chi connectivity index (χ2n) is 21.7. The maximum absolute atomic E-state index is 12.9. The maximum atomic E-state index is 12.9. The highest BCUT2D eigenvalue weighted by Gasteiger charge is 2.19. The third kappa shape index (κ3) is 61.6. The molecular formula is C69H122O6. The molecule has 0 aromatic rings. The molecule has 0 fully saturated rings. The van der Waals surface area contributed by atoms with E-state index in [0.717, 1.165) is 103 Å². The number of rotatable bonds is 59. The van der Waals surface area contributed by atoms with Gasteiger partial charge in [-0.05, 0) is 109 Å². The number of hydrogen-bond donors (Lipinski definition) is 0. The summed E-state index contributed by atoms with van der Waals surface area (Å²) in [5, 5.41) is 0. The molecule has 75 heavy (non-hydrogen) atoms. The van der Waals surface area contributed by atoms with E-state index < -0.39 is 6.10 Å². The van der Waals surface area contributed by atoms with Crippen molar-refractivity contribution < 1.29 is 28.6 Å². The van der Waals surface area contributed by atoms with Crippen molar-refractivity contribution in [3.63, 3.8) is 0 Å². The van der Waals surface area contributed by atoms with Gasteiger partial charge in [0.05, 0.1) is 0 Å². The van der Waals surface area contributed by atoms with Crippen LogP contribution >= 0.6 is 0 Å². The lowest BCUT2D eigenvalue weighted by Gasteiger charge is -2.18. The largest absolute Gasteiger partial charge is 0.462 e. The molecule has 1 atom stereocenters.